The first kappa shape index (κ1) is 13.6. The Morgan fingerprint density at radius 1 is 1.15 bits per heavy atom. The summed E-state index contributed by atoms with van der Waals surface area (Å²) in [4.78, 5) is 2.34. The predicted octanol–water partition coefficient (Wildman–Crippen LogP) is 3.85. The second kappa shape index (κ2) is 5.54. The van der Waals surface area contributed by atoms with Crippen LogP contribution < -0.4 is 0 Å². The summed E-state index contributed by atoms with van der Waals surface area (Å²) in [6.07, 6.45) is 8.06. The Labute approximate surface area is 120 Å². The van der Waals surface area contributed by atoms with Crippen LogP contribution in [0.1, 0.15) is 49.7 Å². The monoisotopic (exact) mass is 272 g/mol. The molecule has 2 aliphatic rings. The number of piperidine rings is 1. The minimum Gasteiger partial charge on any atom is -0.299 e. The van der Waals surface area contributed by atoms with Crippen molar-refractivity contribution in [2.75, 3.05) is 13.1 Å². The van der Waals surface area contributed by atoms with Crippen molar-refractivity contribution in [3.05, 3.63) is 35.1 Å². The molecule has 0 unspecified atom stereocenters. The van der Waals surface area contributed by atoms with Gasteiger partial charge in [-0.05, 0) is 50.3 Å². The van der Waals surface area contributed by atoms with Gasteiger partial charge in [0.05, 0.1) is 5.56 Å². The number of nitriles is 1. The molecule has 0 amide bonds. The van der Waals surface area contributed by atoms with Crippen molar-refractivity contribution in [3.63, 3.8) is 0 Å². The van der Waals surface area contributed by atoms with Gasteiger partial charge in [-0.25, -0.2) is 4.39 Å². The standard InChI is InChI=1S/C17H21FN2/c18-16-14(12-19)4-3-5-15(16)13-20-10-8-17(9-11-20)6-1-2-7-17/h3-5H,1-2,6-11,13H2. The topological polar surface area (TPSA) is 27.0 Å². The van der Waals surface area contributed by atoms with Crippen LogP contribution in [-0.4, -0.2) is 18.0 Å². The van der Waals surface area contributed by atoms with Gasteiger partial charge < -0.3 is 0 Å². The summed E-state index contributed by atoms with van der Waals surface area (Å²) in [5, 5.41) is 8.88. The fraction of sp³-hybridized carbons (Fsp3) is 0.588. The van der Waals surface area contributed by atoms with Crippen LogP contribution >= 0.6 is 0 Å². The van der Waals surface area contributed by atoms with E-state index in [0.717, 1.165) is 13.1 Å². The highest BCUT2D eigenvalue weighted by atomic mass is 19.1. The molecule has 1 aromatic rings. The minimum absolute atomic E-state index is 0.159. The maximum absolute atomic E-state index is 14.1. The lowest BCUT2D eigenvalue weighted by Gasteiger charge is -2.39. The zero-order valence-electron chi connectivity index (χ0n) is 11.9. The summed E-state index contributed by atoms with van der Waals surface area (Å²) in [6.45, 7) is 2.77. The third kappa shape index (κ3) is 2.58. The average molecular weight is 272 g/mol. The Hall–Kier alpha value is -1.40. The van der Waals surface area contributed by atoms with E-state index in [1.54, 1.807) is 18.2 Å². The number of hydrogen-bond donors (Lipinski definition) is 0. The van der Waals surface area contributed by atoms with E-state index in [4.69, 9.17) is 5.26 Å². The van der Waals surface area contributed by atoms with E-state index < -0.39 is 0 Å². The molecule has 2 fully saturated rings. The number of nitrogens with zero attached hydrogens (tertiary/aromatic N) is 2. The van der Waals surface area contributed by atoms with Crippen molar-refractivity contribution in [2.45, 2.75) is 45.1 Å². The summed E-state index contributed by atoms with van der Waals surface area (Å²) < 4.78 is 14.1. The molecule has 1 spiro atoms. The maximum Gasteiger partial charge on any atom is 0.145 e. The van der Waals surface area contributed by atoms with E-state index in [9.17, 15) is 4.39 Å². The van der Waals surface area contributed by atoms with Gasteiger partial charge in [-0.3, -0.25) is 4.90 Å². The molecule has 3 heteroatoms. The van der Waals surface area contributed by atoms with Crippen LogP contribution in [0.3, 0.4) is 0 Å². The largest absolute Gasteiger partial charge is 0.299 e. The predicted molar refractivity (Wildman–Crippen MR) is 76.5 cm³/mol. The normalized spacial score (nSPS) is 22.0. The van der Waals surface area contributed by atoms with Crippen molar-refractivity contribution >= 4 is 0 Å². The molecular weight excluding hydrogens is 251 g/mol. The third-order valence-corrected chi connectivity index (χ3v) is 5.17. The highest BCUT2D eigenvalue weighted by molar-refractivity contribution is 5.34. The number of likely N-dealkylation sites (tertiary alicyclic amines) is 1. The van der Waals surface area contributed by atoms with Crippen LogP contribution in [0.2, 0.25) is 0 Å². The zero-order valence-corrected chi connectivity index (χ0v) is 11.9. The van der Waals surface area contributed by atoms with E-state index in [-0.39, 0.29) is 11.4 Å². The van der Waals surface area contributed by atoms with Gasteiger partial charge in [-0.1, -0.05) is 25.0 Å². The first-order valence-corrected chi connectivity index (χ1v) is 7.62. The number of halogens is 1. The van der Waals surface area contributed by atoms with Crippen LogP contribution in [0, 0.1) is 22.6 Å². The summed E-state index contributed by atoms with van der Waals surface area (Å²) in [5.74, 6) is -0.337. The lowest BCUT2D eigenvalue weighted by Crippen LogP contribution is -2.38. The van der Waals surface area contributed by atoms with Gasteiger partial charge in [0.1, 0.15) is 11.9 Å². The molecule has 1 aliphatic heterocycles. The van der Waals surface area contributed by atoms with Gasteiger partial charge in [-0.2, -0.15) is 5.26 Å². The first-order chi connectivity index (χ1) is 9.72. The highest BCUT2D eigenvalue weighted by Crippen LogP contribution is 2.46. The van der Waals surface area contributed by atoms with E-state index in [1.807, 2.05) is 6.07 Å². The van der Waals surface area contributed by atoms with Crippen LogP contribution in [0.5, 0.6) is 0 Å². The average Bonchev–Trinajstić information content (AvgIpc) is 2.92. The van der Waals surface area contributed by atoms with Crippen molar-refractivity contribution in [1.29, 1.82) is 5.26 Å². The van der Waals surface area contributed by atoms with E-state index in [2.05, 4.69) is 4.90 Å². The molecule has 0 atom stereocenters. The van der Waals surface area contributed by atoms with E-state index in [1.165, 1.54) is 38.5 Å². The minimum atomic E-state index is -0.337. The molecule has 1 heterocycles. The van der Waals surface area contributed by atoms with Gasteiger partial charge in [-0.15, -0.1) is 0 Å². The number of benzene rings is 1. The Bertz CT molecular complexity index is 516. The summed E-state index contributed by atoms with van der Waals surface area (Å²) in [7, 11) is 0. The maximum atomic E-state index is 14.1. The van der Waals surface area contributed by atoms with Crippen LogP contribution in [-0.2, 0) is 6.54 Å². The van der Waals surface area contributed by atoms with Crippen molar-refractivity contribution < 1.29 is 4.39 Å². The molecule has 1 saturated carbocycles. The highest BCUT2D eigenvalue weighted by Gasteiger charge is 2.36. The lowest BCUT2D eigenvalue weighted by atomic mass is 9.77. The van der Waals surface area contributed by atoms with E-state index >= 15 is 0 Å². The summed E-state index contributed by atoms with van der Waals surface area (Å²) in [5.41, 5.74) is 1.42. The number of rotatable bonds is 2. The SMILES string of the molecule is N#Cc1cccc(CN2CCC3(CCCC3)CC2)c1F. The Kier molecular flexibility index (Phi) is 3.76. The second-order valence-electron chi connectivity index (χ2n) is 6.37. The first-order valence-electron chi connectivity index (χ1n) is 7.62. The van der Waals surface area contributed by atoms with Crippen LogP contribution in [0.25, 0.3) is 0 Å². The van der Waals surface area contributed by atoms with Gasteiger partial charge in [0, 0.05) is 12.1 Å². The molecule has 20 heavy (non-hydrogen) atoms. The molecule has 2 nitrogen and oxygen atoms in total. The number of hydrogen-bond acceptors (Lipinski definition) is 2. The van der Waals surface area contributed by atoms with Crippen molar-refractivity contribution in [2.24, 2.45) is 5.41 Å². The Morgan fingerprint density at radius 3 is 2.50 bits per heavy atom. The quantitative estimate of drug-likeness (QED) is 0.817. The summed E-state index contributed by atoms with van der Waals surface area (Å²) >= 11 is 0. The smallest absolute Gasteiger partial charge is 0.145 e. The molecule has 3 rings (SSSR count). The van der Waals surface area contributed by atoms with Gasteiger partial charge in [0.25, 0.3) is 0 Å². The second-order valence-corrected chi connectivity index (χ2v) is 6.37. The van der Waals surface area contributed by atoms with Crippen LogP contribution in [0.15, 0.2) is 18.2 Å². The molecular formula is C17H21FN2. The fourth-order valence-electron chi connectivity index (χ4n) is 3.84. The molecule has 0 radical (unpaired) electrons. The lowest BCUT2D eigenvalue weighted by molar-refractivity contribution is 0.103. The molecule has 0 aromatic heterocycles. The molecule has 1 aromatic carbocycles. The third-order valence-electron chi connectivity index (χ3n) is 5.17. The van der Waals surface area contributed by atoms with E-state index in [0.29, 0.717) is 17.5 Å². The zero-order chi connectivity index (χ0) is 14.0. The molecule has 0 bridgehead atoms. The van der Waals surface area contributed by atoms with Crippen molar-refractivity contribution in [3.8, 4) is 6.07 Å². The molecule has 106 valence electrons. The van der Waals surface area contributed by atoms with Crippen LogP contribution in [0.4, 0.5) is 4.39 Å². The molecule has 1 aliphatic carbocycles. The van der Waals surface area contributed by atoms with Gasteiger partial charge >= 0.3 is 0 Å². The Balaban J connectivity index is 1.64. The Morgan fingerprint density at radius 2 is 1.85 bits per heavy atom. The fourth-order valence-corrected chi connectivity index (χ4v) is 3.84. The van der Waals surface area contributed by atoms with Crippen molar-refractivity contribution in [1.82, 2.24) is 4.90 Å². The molecule has 1 saturated heterocycles. The van der Waals surface area contributed by atoms with Gasteiger partial charge in [0.2, 0.25) is 0 Å². The van der Waals surface area contributed by atoms with Gasteiger partial charge in [0.15, 0.2) is 0 Å². The summed E-state index contributed by atoms with van der Waals surface area (Å²) in [6, 6.07) is 7.04. The molecule has 0 N–H and O–H groups in total.